The SMILES string of the molecule is CC[C@H]1OC[C@@H](OCc2ccccc2C)[C@@H](C)O1. The van der Waals surface area contributed by atoms with Gasteiger partial charge in [0.05, 0.1) is 19.3 Å². The molecule has 3 nitrogen and oxygen atoms in total. The molecule has 2 rings (SSSR count). The van der Waals surface area contributed by atoms with Crippen LogP contribution in [0.3, 0.4) is 0 Å². The van der Waals surface area contributed by atoms with Crippen LogP contribution in [0.25, 0.3) is 0 Å². The fourth-order valence-corrected chi connectivity index (χ4v) is 2.07. The summed E-state index contributed by atoms with van der Waals surface area (Å²) in [4.78, 5) is 0. The lowest BCUT2D eigenvalue weighted by Gasteiger charge is -2.34. The summed E-state index contributed by atoms with van der Waals surface area (Å²) >= 11 is 0. The molecule has 0 N–H and O–H groups in total. The fourth-order valence-electron chi connectivity index (χ4n) is 2.07. The van der Waals surface area contributed by atoms with Crippen molar-refractivity contribution in [2.45, 2.75) is 52.3 Å². The van der Waals surface area contributed by atoms with Crippen molar-refractivity contribution < 1.29 is 14.2 Å². The van der Waals surface area contributed by atoms with Crippen molar-refractivity contribution in [1.82, 2.24) is 0 Å². The maximum atomic E-state index is 5.90. The van der Waals surface area contributed by atoms with Crippen LogP contribution < -0.4 is 0 Å². The van der Waals surface area contributed by atoms with Gasteiger partial charge in [-0.05, 0) is 31.4 Å². The van der Waals surface area contributed by atoms with E-state index in [0.717, 1.165) is 6.42 Å². The predicted molar refractivity (Wildman–Crippen MR) is 70.3 cm³/mol. The first-order chi connectivity index (χ1) is 8.70. The fraction of sp³-hybridized carbons (Fsp3) is 0.600. The summed E-state index contributed by atoms with van der Waals surface area (Å²) in [5.74, 6) is 0. The van der Waals surface area contributed by atoms with Crippen molar-refractivity contribution in [3.05, 3.63) is 35.4 Å². The molecule has 3 heteroatoms. The predicted octanol–water partition coefficient (Wildman–Crippen LogP) is 3.05. The molecule has 1 aliphatic heterocycles. The summed E-state index contributed by atoms with van der Waals surface area (Å²) in [7, 11) is 0. The van der Waals surface area contributed by atoms with E-state index in [-0.39, 0.29) is 18.5 Å². The molecule has 1 fully saturated rings. The number of aryl methyl sites for hydroxylation is 1. The van der Waals surface area contributed by atoms with Crippen LogP contribution in [-0.4, -0.2) is 25.1 Å². The molecule has 0 bridgehead atoms. The van der Waals surface area contributed by atoms with Gasteiger partial charge in [0.2, 0.25) is 0 Å². The van der Waals surface area contributed by atoms with Crippen molar-refractivity contribution in [2.24, 2.45) is 0 Å². The maximum Gasteiger partial charge on any atom is 0.157 e. The Bertz CT molecular complexity index is 378. The highest BCUT2D eigenvalue weighted by Crippen LogP contribution is 2.19. The normalized spacial score (nSPS) is 28.3. The largest absolute Gasteiger partial charge is 0.368 e. The Kier molecular flexibility index (Phi) is 4.75. The first-order valence-corrected chi connectivity index (χ1v) is 6.64. The molecule has 1 aliphatic rings. The molecule has 0 aliphatic carbocycles. The summed E-state index contributed by atoms with van der Waals surface area (Å²) in [6.45, 7) is 7.44. The van der Waals surface area contributed by atoms with Gasteiger partial charge in [0.15, 0.2) is 6.29 Å². The molecular weight excluding hydrogens is 228 g/mol. The molecule has 0 aromatic heterocycles. The summed E-state index contributed by atoms with van der Waals surface area (Å²) < 4.78 is 17.2. The van der Waals surface area contributed by atoms with Crippen LogP contribution in [0.15, 0.2) is 24.3 Å². The second-order valence-corrected chi connectivity index (χ2v) is 4.79. The topological polar surface area (TPSA) is 27.7 Å². The quantitative estimate of drug-likeness (QED) is 0.822. The van der Waals surface area contributed by atoms with Gasteiger partial charge in [0.1, 0.15) is 6.10 Å². The van der Waals surface area contributed by atoms with Crippen molar-refractivity contribution in [1.29, 1.82) is 0 Å². The van der Waals surface area contributed by atoms with Crippen LogP contribution in [0.1, 0.15) is 31.4 Å². The van der Waals surface area contributed by atoms with Gasteiger partial charge in [-0.25, -0.2) is 0 Å². The van der Waals surface area contributed by atoms with Crippen molar-refractivity contribution in [3.63, 3.8) is 0 Å². The molecule has 100 valence electrons. The van der Waals surface area contributed by atoms with Crippen LogP contribution in [0.2, 0.25) is 0 Å². The van der Waals surface area contributed by atoms with Gasteiger partial charge < -0.3 is 14.2 Å². The molecule has 1 heterocycles. The van der Waals surface area contributed by atoms with Gasteiger partial charge in [0.25, 0.3) is 0 Å². The third-order valence-corrected chi connectivity index (χ3v) is 3.38. The Morgan fingerprint density at radius 2 is 2.11 bits per heavy atom. The van der Waals surface area contributed by atoms with E-state index in [1.54, 1.807) is 0 Å². The van der Waals surface area contributed by atoms with E-state index in [4.69, 9.17) is 14.2 Å². The molecule has 0 saturated carbocycles. The lowest BCUT2D eigenvalue weighted by molar-refractivity contribution is -0.258. The summed E-state index contributed by atoms with van der Waals surface area (Å²) in [6, 6.07) is 8.28. The van der Waals surface area contributed by atoms with Crippen molar-refractivity contribution >= 4 is 0 Å². The third-order valence-electron chi connectivity index (χ3n) is 3.38. The van der Waals surface area contributed by atoms with Gasteiger partial charge in [0, 0.05) is 0 Å². The molecule has 3 atom stereocenters. The molecular formula is C15H22O3. The molecule has 0 radical (unpaired) electrons. The lowest BCUT2D eigenvalue weighted by Crippen LogP contribution is -2.43. The zero-order chi connectivity index (χ0) is 13.0. The summed E-state index contributed by atoms with van der Waals surface area (Å²) in [5, 5.41) is 0. The Hall–Kier alpha value is -0.900. The first-order valence-electron chi connectivity index (χ1n) is 6.64. The van der Waals surface area contributed by atoms with E-state index in [1.165, 1.54) is 11.1 Å². The van der Waals surface area contributed by atoms with Crippen molar-refractivity contribution in [3.8, 4) is 0 Å². The Labute approximate surface area is 109 Å². The lowest BCUT2D eigenvalue weighted by atomic mass is 10.1. The van der Waals surface area contributed by atoms with Crippen LogP contribution in [0.5, 0.6) is 0 Å². The van der Waals surface area contributed by atoms with Crippen LogP contribution in [0.4, 0.5) is 0 Å². The molecule has 0 spiro atoms. The number of hydrogen-bond acceptors (Lipinski definition) is 3. The van der Waals surface area contributed by atoms with E-state index in [1.807, 2.05) is 19.1 Å². The highest BCUT2D eigenvalue weighted by molar-refractivity contribution is 5.24. The van der Waals surface area contributed by atoms with Crippen LogP contribution in [0, 0.1) is 6.92 Å². The minimum atomic E-state index is -0.0710. The number of hydrogen-bond donors (Lipinski definition) is 0. The zero-order valence-corrected chi connectivity index (χ0v) is 11.4. The second-order valence-electron chi connectivity index (χ2n) is 4.79. The number of rotatable bonds is 4. The minimum absolute atomic E-state index is 0.0207. The maximum absolute atomic E-state index is 5.90. The monoisotopic (exact) mass is 250 g/mol. The standard InChI is InChI=1S/C15H22O3/c1-4-15-17-10-14(12(3)18-15)16-9-13-8-6-5-7-11(13)2/h5-8,12,14-15H,4,9-10H2,1-3H3/t12-,14-,15+/m1/s1. The third kappa shape index (κ3) is 3.31. The zero-order valence-electron chi connectivity index (χ0n) is 11.4. The van der Waals surface area contributed by atoms with Crippen LogP contribution in [-0.2, 0) is 20.8 Å². The number of ether oxygens (including phenoxy) is 3. The smallest absolute Gasteiger partial charge is 0.157 e. The molecule has 1 saturated heterocycles. The van der Waals surface area contributed by atoms with Crippen molar-refractivity contribution in [2.75, 3.05) is 6.61 Å². The van der Waals surface area contributed by atoms with E-state index in [0.29, 0.717) is 13.2 Å². The average Bonchev–Trinajstić information content (AvgIpc) is 2.39. The Morgan fingerprint density at radius 1 is 1.33 bits per heavy atom. The van der Waals surface area contributed by atoms with Gasteiger partial charge in [-0.3, -0.25) is 0 Å². The summed E-state index contributed by atoms with van der Waals surface area (Å²) in [5.41, 5.74) is 2.48. The molecule has 0 amide bonds. The molecule has 1 aromatic rings. The molecule has 1 aromatic carbocycles. The summed E-state index contributed by atoms with van der Waals surface area (Å²) in [6.07, 6.45) is 0.924. The van der Waals surface area contributed by atoms with Gasteiger partial charge in [-0.2, -0.15) is 0 Å². The van der Waals surface area contributed by atoms with Crippen LogP contribution >= 0.6 is 0 Å². The Morgan fingerprint density at radius 3 is 2.78 bits per heavy atom. The average molecular weight is 250 g/mol. The van der Waals surface area contributed by atoms with E-state index in [9.17, 15) is 0 Å². The van der Waals surface area contributed by atoms with Gasteiger partial charge in [-0.1, -0.05) is 31.2 Å². The minimum Gasteiger partial charge on any atom is -0.368 e. The molecule has 0 unspecified atom stereocenters. The number of benzene rings is 1. The Balaban J connectivity index is 1.86. The van der Waals surface area contributed by atoms with E-state index < -0.39 is 0 Å². The highest BCUT2D eigenvalue weighted by Gasteiger charge is 2.28. The first kappa shape index (κ1) is 13.5. The molecule has 18 heavy (non-hydrogen) atoms. The van der Waals surface area contributed by atoms with Gasteiger partial charge in [-0.15, -0.1) is 0 Å². The highest BCUT2D eigenvalue weighted by atomic mass is 16.7. The van der Waals surface area contributed by atoms with Gasteiger partial charge >= 0.3 is 0 Å². The van der Waals surface area contributed by atoms with E-state index in [2.05, 4.69) is 26.0 Å². The van der Waals surface area contributed by atoms with E-state index >= 15 is 0 Å². The second kappa shape index (κ2) is 6.32.